The van der Waals surface area contributed by atoms with E-state index in [1.807, 2.05) is 18.3 Å². The lowest BCUT2D eigenvalue weighted by atomic mass is 9.97. The minimum absolute atomic E-state index is 0.943. The lowest BCUT2D eigenvalue weighted by molar-refractivity contribution is 1.29. The molecule has 0 spiro atoms. The lowest BCUT2D eigenvalue weighted by Gasteiger charge is -2.07. The van der Waals surface area contributed by atoms with Crippen LogP contribution in [0.25, 0.3) is 33.1 Å². The van der Waals surface area contributed by atoms with Crippen LogP contribution >= 0.6 is 12.6 Å². The van der Waals surface area contributed by atoms with E-state index in [9.17, 15) is 0 Å². The molecule has 0 amide bonds. The molecule has 2 heterocycles. The fraction of sp³-hybridized carbons (Fsp3) is 0.105. The maximum Gasteiger partial charge on any atom is 0.138 e. The van der Waals surface area contributed by atoms with E-state index in [-0.39, 0.29) is 0 Å². The number of pyridine rings is 1. The molecule has 2 aromatic carbocycles. The Balaban J connectivity index is 2.17. The van der Waals surface area contributed by atoms with Gasteiger partial charge < -0.3 is 4.98 Å². The maximum absolute atomic E-state index is 4.54. The predicted octanol–water partition coefficient (Wildman–Crippen LogP) is 5.29. The number of aromatic nitrogens is 2. The molecule has 0 saturated carbocycles. The van der Waals surface area contributed by atoms with Crippen molar-refractivity contribution in [3.63, 3.8) is 0 Å². The quantitative estimate of drug-likeness (QED) is 0.460. The minimum atomic E-state index is 0.943. The average molecular weight is 304 g/mol. The van der Waals surface area contributed by atoms with Crippen LogP contribution in [0.1, 0.15) is 11.1 Å². The first-order chi connectivity index (χ1) is 10.6. The number of thiol groups is 1. The summed E-state index contributed by atoms with van der Waals surface area (Å²) in [4.78, 5) is 8.98. The van der Waals surface area contributed by atoms with E-state index in [1.54, 1.807) is 0 Å². The summed E-state index contributed by atoms with van der Waals surface area (Å²) in [6.45, 7) is 4.21. The fourth-order valence-electron chi connectivity index (χ4n) is 3.04. The third-order valence-corrected chi connectivity index (χ3v) is 4.39. The van der Waals surface area contributed by atoms with Crippen LogP contribution in [0.4, 0.5) is 0 Å². The number of rotatable bonds is 1. The normalized spacial score (nSPS) is 11.4. The first-order valence-corrected chi connectivity index (χ1v) is 7.75. The molecule has 0 aliphatic rings. The van der Waals surface area contributed by atoms with Crippen LogP contribution < -0.4 is 0 Å². The summed E-state index contributed by atoms with van der Waals surface area (Å²) < 4.78 is 0. The van der Waals surface area contributed by atoms with Crippen LogP contribution in [-0.4, -0.2) is 9.97 Å². The van der Waals surface area contributed by atoms with Crippen LogP contribution in [-0.2, 0) is 0 Å². The number of aromatic amines is 1. The Kier molecular flexibility index (Phi) is 2.98. The van der Waals surface area contributed by atoms with Crippen molar-refractivity contribution in [2.24, 2.45) is 0 Å². The molecule has 4 rings (SSSR count). The van der Waals surface area contributed by atoms with Gasteiger partial charge in [0.25, 0.3) is 0 Å². The van der Waals surface area contributed by atoms with Crippen LogP contribution in [0.2, 0.25) is 0 Å². The highest BCUT2D eigenvalue weighted by Crippen LogP contribution is 2.36. The second kappa shape index (κ2) is 4.89. The molecule has 0 radical (unpaired) electrons. The van der Waals surface area contributed by atoms with E-state index in [1.165, 1.54) is 33.0 Å². The van der Waals surface area contributed by atoms with Gasteiger partial charge in [-0.25, -0.2) is 4.98 Å². The zero-order valence-electron chi connectivity index (χ0n) is 12.5. The smallest absolute Gasteiger partial charge is 0.138 e. The Labute approximate surface area is 134 Å². The Morgan fingerprint density at radius 3 is 2.73 bits per heavy atom. The van der Waals surface area contributed by atoms with Crippen LogP contribution in [0.15, 0.2) is 53.6 Å². The number of nitrogens with one attached hydrogen (secondary N) is 1. The third kappa shape index (κ3) is 2.01. The molecule has 0 fully saturated rings. The predicted molar refractivity (Wildman–Crippen MR) is 95.8 cm³/mol. The monoisotopic (exact) mass is 304 g/mol. The molecule has 0 aliphatic carbocycles. The lowest BCUT2D eigenvalue weighted by Crippen LogP contribution is -1.83. The summed E-state index contributed by atoms with van der Waals surface area (Å²) in [6, 6.07) is 14.8. The molecule has 22 heavy (non-hydrogen) atoms. The third-order valence-electron chi connectivity index (χ3n) is 4.11. The van der Waals surface area contributed by atoms with Crippen molar-refractivity contribution in [2.75, 3.05) is 0 Å². The summed E-state index contributed by atoms with van der Waals surface area (Å²) >= 11 is 4.47. The Morgan fingerprint density at radius 1 is 1.05 bits per heavy atom. The van der Waals surface area contributed by atoms with Crippen molar-refractivity contribution in [3.05, 3.63) is 59.8 Å². The van der Waals surface area contributed by atoms with E-state index in [0.717, 1.165) is 16.1 Å². The average Bonchev–Trinajstić information content (AvgIpc) is 2.87. The van der Waals surface area contributed by atoms with E-state index < -0.39 is 0 Å². The fourth-order valence-corrected chi connectivity index (χ4v) is 3.26. The van der Waals surface area contributed by atoms with Gasteiger partial charge in [0, 0.05) is 21.9 Å². The number of hydrogen-bond acceptors (Lipinski definition) is 2. The summed E-state index contributed by atoms with van der Waals surface area (Å²) in [5.74, 6) is 0. The van der Waals surface area contributed by atoms with Crippen molar-refractivity contribution in [1.29, 1.82) is 0 Å². The van der Waals surface area contributed by atoms with Crippen LogP contribution in [0.3, 0.4) is 0 Å². The topological polar surface area (TPSA) is 28.7 Å². The Morgan fingerprint density at radius 2 is 1.91 bits per heavy atom. The number of aryl methyl sites for hydroxylation is 2. The Hall–Kier alpha value is -2.26. The highest BCUT2D eigenvalue weighted by molar-refractivity contribution is 7.80. The van der Waals surface area contributed by atoms with Gasteiger partial charge >= 0.3 is 0 Å². The van der Waals surface area contributed by atoms with Crippen molar-refractivity contribution in [3.8, 4) is 11.1 Å². The van der Waals surface area contributed by atoms with Gasteiger partial charge in [0.15, 0.2) is 0 Å². The molecule has 1 N–H and O–H groups in total. The first kappa shape index (κ1) is 13.4. The second-order valence-corrected chi connectivity index (χ2v) is 6.28. The zero-order valence-corrected chi connectivity index (χ0v) is 13.4. The summed E-state index contributed by atoms with van der Waals surface area (Å²) in [7, 11) is 0. The van der Waals surface area contributed by atoms with Gasteiger partial charge in [0.05, 0.1) is 5.52 Å². The second-order valence-electron chi connectivity index (χ2n) is 5.76. The molecule has 2 nitrogen and oxygen atoms in total. The van der Waals surface area contributed by atoms with Gasteiger partial charge in [-0.2, -0.15) is 0 Å². The van der Waals surface area contributed by atoms with E-state index in [2.05, 4.69) is 66.8 Å². The van der Waals surface area contributed by atoms with Crippen molar-refractivity contribution < 1.29 is 0 Å². The molecule has 0 saturated heterocycles. The molecule has 3 heteroatoms. The summed E-state index contributed by atoms with van der Waals surface area (Å²) in [6.07, 6.45) is 1.90. The summed E-state index contributed by atoms with van der Waals surface area (Å²) in [5.41, 5.74) is 6.91. The van der Waals surface area contributed by atoms with Gasteiger partial charge in [-0.15, -0.1) is 12.6 Å². The molecular weight excluding hydrogens is 288 g/mol. The molecule has 0 unspecified atom stereocenters. The van der Waals surface area contributed by atoms with Gasteiger partial charge in [-0.3, -0.25) is 0 Å². The number of hydrogen-bond donors (Lipinski definition) is 2. The molecule has 0 aliphatic heterocycles. The van der Waals surface area contributed by atoms with Crippen LogP contribution in [0, 0.1) is 13.8 Å². The minimum Gasteiger partial charge on any atom is -0.339 e. The van der Waals surface area contributed by atoms with Gasteiger partial charge in [0.2, 0.25) is 0 Å². The summed E-state index contributed by atoms with van der Waals surface area (Å²) in [5, 5.41) is 2.42. The van der Waals surface area contributed by atoms with Gasteiger partial charge in [-0.05, 0) is 54.3 Å². The largest absolute Gasteiger partial charge is 0.339 e. The highest BCUT2D eigenvalue weighted by Gasteiger charge is 2.13. The van der Waals surface area contributed by atoms with Gasteiger partial charge in [0.1, 0.15) is 5.65 Å². The Bertz CT molecular complexity index is 1010. The maximum atomic E-state index is 4.54. The van der Waals surface area contributed by atoms with Crippen molar-refractivity contribution >= 4 is 34.6 Å². The number of fused-ring (bicyclic) bond motifs is 3. The standard InChI is InChI=1S/C19H16N2S/c1-11-8-16-17-15(13-4-3-5-14(22)9-13)7-6-12(2)18(17)21-19(16)20-10-11/h3-10,22H,1-2H3,(H,20,21). The van der Waals surface area contributed by atoms with Crippen molar-refractivity contribution in [2.45, 2.75) is 18.7 Å². The van der Waals surface area contributed by atoms with Gasteiger partial charge in [-0.1, -0.05) is 24.3 Å². The SMILES string of the molecule is Cc1cnc2[nH]c3c(C)ccc(-c4cccc(S)c4)c3c2c1. The molecule has 0 bridgehead atoms. The van der Waals surface area contributed by atoms with E-state index >= 15 is 0 Å². The first-order valence-electron chi connectivity index (χ1n) is 7.30. The van der Waals surface area contributed by atoms with Crippen molar-refractivity contribution in [1.82, 2.24) is 9.97 Å². The molecular formula is C19H16N2S. The number of nitrogens with zero attached hydrogens (tertiary/aromatic N) is 1. The number of benzene rings is 2. The highest BCUT2D eigenvalue weighted by atomic mass is 32.1. The molecule has 2 aromatic heterocycles. The molecule has 4 aromatic rings. The zero-order chi connectivity index (χ0) is 15.3. The molecule has 108 valence electrons. The molecule has 0 atom stereocenters. The number of H-pyrrole nitrogens is 1. The van der Waals surface area contributed by atoms with E-state index in [0.29, 0.717) is 0 Å². The van der Waals surface area contributed by atoms with E-state index in [4.69, 9.17) is 0 Å². The van der Waals surface area contributed by atoms with Crippen LogP contribution in [0.5, 0.6) is 0 Å².